The summed E-state index contributed by atoms with van der Waals surface area (Å²) in [6.07, 6.45) is 0. The van der Waals surface area contributed by atoms with E-state index in [0.717, 1.165) is 11.6 Å². The monoisotopic (exact) mass is 343 g/mol. The van der Waals surface area contributed by atoms with Crippen molar-refractivity contribution in [3.63, 3.8) is 0 Å². The van der Waals surface area contributed by atoms with Crippen molar-refractivity contribution in [2.24, 2.45) is 0 Å². The van der Waals surface area contributed by atoms with Crippen LogP contribution in [0.5, 0.6) is 0 Å². The van der Waals surface area contributed by atoms with Crippen molar-refractivity contribution >= 4 is 23.5 Å². The molecule has 102 valence electrons. The van der Waals surface area contributed by atoms with Gasteiger partial charge in [-0.15, -0.1) is 0 Å². The van der Waals surface area contributed by atoms with Crippen LogP contribution in [0.25, 0.3) is 0 Å². The minimum atomic E-state index is -5.53. The summed E-state index contributed by atoms with van der Waals surface area (Å²) in [6, 6.07) is 3.88. The van der Waals surface area contributed by atoms with Crippen LogP contribution in [-0.4, -0.2) is 28.8 Å². The standard InChI is InChI=1S/C10H13BrF2NO3P/c1-14(2)6-7-3-4-8(9(11)5-7)10(12,13)18(15,16)17/h3-5H,6H2,1-2H3,(H2,15,16,17). The van der Waals surface area contributed by atoms with E-state index in [-0.39, 0.29) is 4.47 Å². The van der Waals surface area contributed by atoms with Crippen molar-refractivity contribution in [3.8, 4) is 0 Å². The zero-order valence-electron chi connectivity index (χ0n) is 9.77. The van der Waals surface area contributed by atoms with E-state index in [0.29, 0.717) is 6.54 Å². The fraction of sp³-hybridized carbons (Fsp3) is 0.400. The van der Waals surface area contributed by atoms with Crippen LogP contribution in [-0.2, 0) is 16.8 Å². The lowest BCUT2D eigenvalue weighted by atomic mass is 10.1. The molecule has 0 amide bonds. The smallest absolute Gasteiger partial charge is 0.320 e. The highest BCUT2D eigenvalue weighted by Gasteiger charge is 2.51. The van der Waals surface area contributed by atoms with Gasteiger partial charge in [-0.25, -0.2) is 0 Å². The van der Waals surface area contributed by atoms with Crippen molar-refractivity contribution in [2.75, 3.05) is 14.1 Å². The van der Waals surface area contributed by atoms with Gasteiger partial charge in [0.15, 0.2) is 0 Å². The number of nitrogens with zero attached hydrogens (tertiary/aromatic N) is 1. The Hall–Kier alpha value is -0.330. The molecule has 0 aliphatic rings. The maximum absolute atomic E-state index is 13.5. The molecule has 0 heterocycles. The van der Waals surface area contributed by atoms with Crippen molar-refractivity contribution < 1.29 is 23.1 Å². The normalized spacial score (nSPS) is 13.1. The quantitative estimate of drug-likeness (QED) is 0.825. The summed E-state index contributed by atoms with van der Waals surface area (Å²) in [5.41, 5.74) is -4.14. The molecule has 1 aromatic rings. The number of rotatable bonds is 4. The molecule has 0 aliphatic carbocycles. The van der Waals surface area contributed by atoms with E-state index in [1.54, 1.807) is 0 Å². The molecule has 0 atom stereocenters. The molecule has 2 N–H and O–H groups in total. The van der Waals surface area contributed by atoms with Gasteiger partial charge in [0.25, 0.3) is 0 Å². The van der Waals surface area contributed by atoms with E-state index >= 15 is 0 Å². The molecule has 0 saturated heterocycles. The van der Waals surface area contributed by atoms with Gasteiger partial charge in [-0.05, 0) is 25.7 Å². The first-order valence-corrected chi connectivity index (χ1v) is 7.33. The minimum Gasteiger partial charge on any atom is -0.320 e. The van der Waals surface area contributed by atoms with Gasteiger partial charge in [0, 0.05) is 16.6 Å². The first kappa shape index (κ1) is 15.7. The van der Waals surface area contributed by atoms with Gasteiger partial charge in [-0.3, -0.25) is 4.57 Å². The van der Waals surface area contributed by atoms with Crippen molar-refractivity contribution in [1.82, 2.24) is 4.90 Å². The highest BCUT2D eigenvalue weighted by molar-refractivity contribution is 9.10. The van der Waals surface area contributed by atoms with Crippen molar-refractivity contribution in [1.29, 1.82) is 0 Å². The number of benzene rings is 1. The summed E-state index contributed by atoms with van der Waals surface area (Å²) >= 11 is 2.92. The molecular weight excluding hydrogens is 331 g/mol. The third kappa shape index (κ3) is 3.36. The predicted molar refractivity (Wildman–Crippen MR) is 67.5 cm³/mol. The van der Waals surface area contributed by atoms with Crippen LogP contribution in [0.3, 0.4) is 0 Å². The van der Waals surface area contributed by atoms with Crippen LogP contribution in [0.2, 0.25) is 0 Å². The number of alkyl halides is 2. The number of hydrogen-bond donors (Lipinski definition) is 2. The maximum atomic E-state index is 13.5. The van der Waals surface area contributed by atoms with E-state index in [9.17, 15) is 13.3 Å². The van der Waals surface area contributed by atoms with Crippen LogP contribution in [0, 0.1) is 0 Å². The third-order valence-corrected chi connectivity index (χ3v) is 3.85. The number of hydrogen-bond acceptors (Lipinski definition) is 2. The molecule has 1 rings (SSSR count). The molecule has 18 heavy (non-hydrogen) atoms. The maximum Gasteiger partial charge on any atom is 0.399 e. The molecule has 0 radical (unpaired) electrons. The lowest BCUT2D eigenvalue weighted by Gasteiger charge is -2.20. The van der Waals surface area contributed by atoms with Crippen molar-refractivity contribution in [3.05, 3.63) is 33.8 Å². The average molecular weight is 344 g/mol. The van der Waals surface area contributed by atoms with Gasteiger partial charge in [0.2, 0.25) is 0 Å². The van der Waals surface area contributed by atoms with Crippen LogP contribution in [0.4, 0.5) is 8.78 Å². The lowest BCUT2D eigenvalue weighted by Crippen LogP contribution is -2.15. The Morgan fingerprint density at radius 2 is 1.94 bits per heavy atom. The molecule has 0 aromatic heterocycles. The van der Waals surface area contributed by atoms with Gasteiger partial charge in [0.1, 0.15) is 0 Å². The molecular formula is C10H13BrF2NO3P. The summed E-state index contributed by atoms with van der Waals surface area (Å²) in [4.78, 5) is 19.2. The molecule has 8 heteroatoms. The summed E-state index contributed by atoms with van der Waals surface area (Å²) < 4.78 is 37.8. The van der Waals surface area contributed by atoms with Crippen molar-refractivity contribution in [2.45, 2.75) is 12.2 Å². The second-order valence-corrected chi connectivity index (χ2v) is 6.64. The van der Waals surface area contributed by atoms with Crippen LogP contribution < -0.4 is 0 Å². The van der Waals surface area contributed by atoms with Crippen LogP contribution in [0.1, 0.15) is 11.1 Å². The highest BCUT2D eigenvalue weighted by atomic mass is 79.9. The van der Waals surface area contributed by atoms with E-state index in [2.05, 4.69) is 15.9 Å². The van der Waals surface area contributed by atoms with Crippen LogP contribution in [0.15, 0.2) is 22.7 Å². The highest BCUT2D eigenvalue weighted by Crippen LogP contribution is 2.60. The molecule has 0 spiro atoms. The van der Waals surface area contributed by atoms with E-state index in [1.165, 1.54) is 12.1 Å². The Morgan fingerprint density at radius 3 is 2.33 bits per heavy atom. The second kappa shape index (κ2) is 5.35. The Labute approximate surface area is 112 Å². The average Bonchev–Trinajstić information content (AvgIpc) is 2.13. The lowest BCUT2D eigenvalue weighted by molar-refractivity contribution is 0.0557. The molecule has 0 unspecified atom stereocenters. The van der Waals surface area contributed by atoms with E-state index in [4.69, 9.17) is 9.79 Å². The van der Waals surface area contributed by atoms with Gasteiger partial charge in [-0.1, -0.05) is 28.1 Å². The molecule has 0 fully saturated rings. The molecule has 0 saturated carbocycles. The Morgan fingerprint density at radius 1 is 1.39 bits per heavy atom. The van der Waals surface area contributed by atoms with E-state index < -0.39 is 18.8 Å². The largest absolute Gasteiger partial charge is 0.399 e. The van der Waals surface area contributed by atoms with Gasteiger partial charge >= 0.3 is 13.3 Å². The van der Waals surface area contributed by atoms with Gasteiger partial charge < -0.3 is 14.7 Å². The second-order valence-electron chi connectivity index (χ2n) is 4.14. The topological polar surface area (TPSA) is 60.8 Å². The summed E-state index contributed by atoms with van der Waals surface area (Å²) in [7, 11) is -1.88. The summed E-state index contributed by atoms with van der Waals surface area (Å²) in [5, 5.41) is 0. The van der Waals surface area contributed by atoms with Crippen LogP contribution >= 0.6 is 23.5 Å². The molecule has 4 nitrogen and oxygen atoms in total. The fourth-order valence-corrected chi connectivity index (χ4v) is 2.76. The SMILES string of the molecule is CN(C)Cc1ccc(C(F)(F)P(=O)(O)O)c(Br)c1. The zero-order valence-corrected chi connectivity index (χ0v) is 12.3. The summed E-state index contributed by atoms with van der Waals surface area (Å²) in [5.74, 6) is 0. The van der Waals surface area contributed by atoms with Gasteiger partial charge in [-0.2, -0.15) is 8.78 Å². The molecule has 0 bridgehead atoms. The molecule has 0 aliphatic heterocycles. The molecule has 1 aromatic carbocycles. The van der Waals surface area contributed by atoms with E-state index in [1.807, 2.05) is 19.0 Å². The third-order valence-electron chi connectivity index (χ3n) is 2.22. The zero-order chi connectivity index (χ0) is 14.1. The van der Waals surface area contributed by atoms with Gasteiger partial charge in [0.05, 0.1) is 0 Å². The first-order chi connectivity index (χ1) is 8.05. The fourth-order valence-electron chi connectivity index (χ4n) is 1.42. The summed E-state index contributed by atoms with van der Waals surface area (Å²) in [6.45, 7) is 0.542. The Balaban J connectivity index is 3.18. The predicted octanol–water partition coefficient (Wildman–Crippen LogP) is 2.74. The first-order valence-electron chi connectivity index (χ1n) is 4.93. The minimum absolute atomic E-state index is 0.0184. The number of halogens is 3. The Bertz CT molecular complexity index is 490. The Kier molecular flexibility index (Phi) is 4.67.